The predicted octanol–water partition coefficient (Wildman–Crippen LogP) is 1.40. The molecule has 0 aliphatic rings. The van der Waals surface area contributed by atoms with Crippen LogP contribution in [-0.4, -0.2) is 12.5 Å². The van der Waals surface area contributed by atoms with E-state index in [1.165, 1.54) is 0 Å². The largest absolute Gasteiger partial charge is 0.762 e. The Morgan fingerprint density at radius 1 is 1.20 bits per heavy atom. The van der Waals surface area contributed by atoms with Crippen molar-refractivity contribution in [2.24, 2.45) is 0 Å². The standard InChI is InChI=1S/C10H7N4O/c1-2-3-15-10(8(4-11)5-12)9(6-13)7-14/h2-3H2,1H3/q-1. The molecule has 0 saturated heterocycles. The number of hydrogen-bond donors (Lipinski definition) is 0. The lowest BCUT2D eigenvalue weighted by Gasteiger charge is -2.07. The lowest BCUT2D eigenvalue weighted by Crippen LogP contribution is -2.00. The lowest BCUT2D eigenvalue weighted by atomic mass is 10.1. The Hall–Kier alpha value is -2.54. The van der Waals surface area contributed by atoms with Crippen molar-refractivity contribution in [3.8, 4) is 18.2 Å². The van der Waals surface area contributed by atoms with Crippen molar-refractivity contribution in [3.63, 3.8) is 0 Å². The van der Waals surface area contributed by atoms with Crippen LogP contribution in [0.1, 0.15) is 13.3 Å². The summed E-state index contributed by atoms with van der Waals surface area (Å²) in [7, 11) is 0. The molecule has 0 aliphatic heterocycles. The minimum Gasteiger partial charge on any atom is -0.762 e. The first kappa shape index (κ1) is 12.5. The molecule has 0 unspecified atom stereocenters. The van der Waals surface area contributed by atoms with E-state index in [9.17, 15) is 0 Å². The van der Waals surface area contributed by atoms with E-state index in [2.05, 4.69) is 0 Å². The van der Waals surface area contributed by atoms with Crippen molar-refractivity contribution in [1.82, 2.24) is 0 Å². The summed E-state index contributed by atoms with van der Waals surface area (Å²) in [4.78, 5) is 0. The van der Waals surface area contributed by atoms with E-state index < -0.39 is 0 Å². The normalized spacial score (nSPS) is 7.33. The van der Waals surface area contributed by atoms with Gasteiger partial charge < -0.3 is 10.1 Å². The van der Waals surface area contributed by atoms with Gasteiger partial charge in [-0.05, 0) is 6.42 Å². The van der Waals surface area contributed by atoms with Gasteiger partial charge in [-0.25, -0.2) is 5.87 Å². The average molecular weight is 199 g/mol. The highest BCUT2D eigenvalue weighted by molar-refractivity contribution is 5.73. The van der Waals surface area contributed by atoms with Gasteiger partial charge in [0, 0.05) is 0 Å². The second-order valence-corrected chi connectivity index (χ2v) is 2.37. The van der Waals surface area contributed by atoms with Crippen LogP contribution in [0.2, 0.25) is 0 Å². The maximum absolute atomic E-state index is 8.59. The average Bonchev–Trinajstić information content (AvgIpc) is 2.28. The fourth-order valence-corrected chi connectivity index (χ4v) is 0.727. The van der Waals surface area contributed by atoms with Crippen LogP contribution in [0.15, 0.2) is 16.9 Å². The minimum atomic E-state index is -0.360. The number of allylic oxidation sites excluding steroid dienone is 2. The van der Waals surface area contributed by atoms with Crippen LogP contribution in [0.3, 0.4) is 0 Å². The zero-order valence-electron chi connectivity index (χ0n) is 8.11. The Morgan fingerprint density at radius 2 is 1.80 bits per heavy atom. The second kappa shape index (κ2) is 6.92. The molecule has 74 valence electrons. The molecule has 0 aromatic carbocycles. The monoisotopic (exact) mass is 199 g/mol. The Morgan fingerprint density at radius 3 is 2.13 bits per heavy atom. The third-order valence-corrected chi connectivity index (χ3v) is 1.35. The van der Waals surface area contributed by atoms with Crippen LogP contribution in [0.5, 0.6) is 0 Å². The quantitative estimate of drug-likeness (QED) is 0.295. The summed E-state index contributed by atoms with van der Waals surface area (Å²) in [6.07, 6.45) is 0.651. The van der Waals surface area contributed by atoms with Crippen LogP contribution in [0.4, 0.5) is 0 Å². The maximum Gasteiger partial charge on any atom is 0.173 e. The molecular formula is C10H7N4O-. The third kappa shape index (κ3) is 3.36. The minimum absolute atomic E-state index is 0.230. The molecule has 0 fully saturated rings. The lowest BCUT2D eigenvalue weighted by molar-refractivity contribution is 0.221. The number of nitriles is 3. The first-order valence-corrected chi connectivity index (χ1v) is 4.09. The molecule has 15 heavy (non-hydrogen) atoms. The first-order chi connectivity index (χ1) is 7.24. The molecule has 0 aromatic heterocycles. The van der Waals surface area contributed by atoms with E-state index in [-0.39, 0.29) is 23.5 Å². The highest BCUT2D eigenvalue weighted by Gasteiger charge is 2.11. The molecule has 0 bridgehead atoms. The van der Waals surface area contributed by atoms with E-state index in [4.69, 9.17) is 25.9 Å². The van der Waals surface area contributed by atoms with Crippen LogP contribution < -0.4 is 0 Å². The van der Waals surface area contributed by atoms with Crippen LogP contribution >= 0.6 is 0 Å². The Kier molecular flexibility index (Phi) is 5.75. The number of nitrogens with zero attached hydrogens (tertiary/aromatic N) is 4. The van der Waals surface area contributed by atoms with Crippen LogP contribution in [0.25, 0.3) is 5.41 Å². The summed E-state index contributed by atoms with van der Waals surface area (Å²) >= 11 is 0. The van der Waals surface area contributed by atoms with Gasteiger partial charge in [0.25, 0.3) is 0 Å². The molecule has 0 radical (unpaired) electrons. The van der Waals surface area contributed by atoms with Gasteiger partial charge in [0.15, 0.2) is 11.3 Å². The molecule has 5 heteroatoms. The summed E-state index contributed by atoms with van der Waals surface area (Å²) in [5.74, 6) is 1.35. The third-order valence-electron chi connectivity index (χ3n) is 1.35. The van der Waals surface area contributed by atoms with Gasteiger partial charge in [-0.3, -0.25) is 0 Å². The predicted molar refractivity (Wildman–Crippen MR) is 52.0 cm³/mol. The SMILES string of the molecule is CCCOC(C(=C=[N-])C#N)=C(C#N)C#N. The highest BCUT2D eigenvalue weighted by Crippen LogP contribution is 2.13. The van der Waals surface area contributed by atoms with Crippen molar-refractivity contribution in [1.29, 1.82) is 15.8 Å². The van der Waals surface area contributed by atoms with Crippen molar-refractivity contribution >= 4 is 5.87 Å². The van der Waals surface area contributed by atoms with Gasteiger partial charge in [-0.15, -0.1) is 0 Å². The molecule has 0 saturated carbocycles. The molecule has 0 rings (SSSR count). The summed E-state index contributed by atoms with van der Waals surface area (Å²) in [5.41, 5.74) is -0.719. The van der Waals surface area contributed by atoms with Crippen molar-refractivity contribution in [2.75, 3.05) is 6.61 Å². The molecular weight excluding hydrogens is 192 g/mol. The molecule has 5 nitrogen and oxygen atoms in total. The van der Waals surface area contributed by atoms with Crippen molar-refractivity contribution in [2.45, 2.75) is 13.3 Å². The second-order valence-electron chi connectivity index (χ2n) is 2.37. The zero-order chi connectivity index (χ0) is 11.7. The van der Waals surface area contributed by atoms with Crippen molar-refractivity contribution < 1.29 is 4.74 Å². The fourth-order valence-electron chi connectivity index (χ4n) is 0.727. The van der Waals surface area contributed by atoms with Gasteiger partial charge in [0.2, 0.25) is 0 Å². The smallest absolute Gasteiger partial charge is 0.173 e. The topological polar surface area (TPSA) is 103 Å². The summed E-state index contributed by atoms with van der Waals surface area (Å²) in [6, 6.07) is 4.74. The van der Waals surface area contributed by atoms with Crippen LogP contribution in [0, 0.1) is 34.0 Å². The van der Waals surface area contributed by atoms with E-state index in [0.29, 0.717) is 6.42 Å². The number of ether oxygens (including phenoxy) is 1. The molecule has 0 atom stereocenters. The number of rotatable bonds is 4. The van der Waals surface area contributed by atoms with E-state index in [1.54, 1.807) is 24.1 Å². The number of hydrogen-bond acceptors (Lipinski definition) is 4. The van der Waals surface area contributed by atoms with Gasteiger partial charge >= 0.3 is 0 Å². The van der Waals surface area contributed by atoms with Gasteiger partial charge in [0.05, 0.1) is 6.61 Å². The zero-order valence-corrected chi connectivity index (χ0v) is 8.11. The summed E-state index contributed by atoms with van der Waals surface area (Å²) < 4.78 is 5.03. The molecule has 0 aromatic rings. The first-order valence-electron chi connectivity index (χ1n) is 4.09. The Bertz CT molecular complexity index is 420. The van der Waals surface area contributed by atoms with Crippen LogP contribution in [-0.2, 0) is 4.74 Å². The van der Waals surface area contributed by atoms with Gasteiger partial charge in [0.1, 0.15) is 23.8 Å². The van der Waals surface area contributed by atoms with E-state index in [1.807, 2.05) is 6.92 Å². The molecule has 0 spiro atoms. The fraction of sp³-hybridized carbons (Fsp3) is 0.300. The van der Waals surface area contributed by atoms with Gasteiger partial charge in [-0.2, -0.15) is 15.8 Å². The Labute approximate surface area is 87.6 Å². The van der Waals surface area contributed by atoms with Crippen molar-refractivity contribution in [3.05, 3.63) is 22.3 Å². The molecule has 0 aliphatic carbocycles. The Balaban J connectivity index is 5.38. The molecule has 0 N–H and O–H groups in total. The van der Waals surface area contributed by atoms with E-state index >= 15 is 0 Å². The summed E-state index contributed by atoms with van der Waals surface area (Å²) in [6.45, 7) is 2.07. The molecule has 0 amide bonds. The van der Waals surface area contributed by atoms with E-state index in [0.717, 1.165) is 0 Å². The summed E-state index contributed by atoms with van der Waals surface area (Å²) in [5, 5.41) is 34.4. The maximum atomic E-state index is 8.59. The highest BCUT2D eigenvalue weighted by atomic mass is 16.5. The van der Waals surface area contributed by atoms with Gasteiger partial charge in [-0.1, -0.05) is 6.92 Å². The molecule has 0 heterocycles.